The summed E-state index contributed by atoms with van der Waals surface area (Å²) in [5.74, 6) is -0.0152. The average molecular weight is 291 g/mol. The van der Waals surface area contributed by atoms with Crippen molar-refractivity contribution in [3.63, 3.8) is 0 Å². The fraction of sp³-hybridized carbons (Fsp3) is 0.400. The summed E-state index contributed by atoms with van der Waals surface area (Å²) in [5.41, 5.74) is 0.472. The predicted octanol–water partition coefficient (Wildman–Crippen LogP) is 1.34. The highest BCUT2D eigenvalue weighted by Crippen LogP contribution is 2.12. The number of aromatic nitrogens is 1. The average Bonchev–Trinajstić information content (AvgIpc) is 2.46. The Kier molecular flexibility index (Phi) is 6.39. The van der Waals surface area contributed by atoms with Crippen molar-refractivity contribution >= 4 is 17.7 Å². The molecular weight excluding hydrogens is 270 g/mol. The lowest BCUT2D eigenvalue weighted by Gasteiger charge is -2.20. The monoisotopic (exact) mass is 291 g/mol. The summed E-state index contributed by atoms with van der Waals surface area (Å²) in [6.45, 7) is 5.80. The second-order valence-corrected chi connectivity index (χ2v) is 4.58. The zero-order valence-corrected chi connectivity index (χ0v) is 12.7. The predicted molar refractivity (Wildman–Crippen MR) is 81.3 cm³/mol. The summed E-state index contributed by atoms with van der Waals surface area (Å²) in [5, 5.41) is 0. The van der Waals surface area contributed by atoms with E-state index in [1.165, 1.54) is 4.90 Å². The van der Waals surface area contributed by atoms with Gasteiger partial charge in [-0.15, -0.1) is 6.58 Å². The Morgan fingerprint density at radius 3 is 2.71 bits per heavy atom. The highest BCUT2D eigenvalue weighted by Gasteiger charge is 2.19. The van der Waals surface area contributed by atoms with Crippen LogP contribution in [0.3, 0.4) is 0 Å². The van der Waals surface area contributed by atoms with Crippen molar-refractivity contribution in [2.75, 3.05) is 38.7 Å². The van der Waals surface area contributed by atoms with Crippen LogP contribution in [0.5, 0.6) is 0 Å². The van der Waals surface area contributed by atoms with Crippen LogP contribution in [0.25, 0.3) is 0 Å². The molecule has 0 aliphatic heterocycles. The van der Waals surface area contributed by atoms with Crippen molar-refractivity contribution in [1.82, 2.24) is 9.88 Å². The van der Waals surface area contributed by atoms with Gasteiger partial charge in [-0.1, -0.05) is 6.08 Å². The molecule has 0 saturated carbocycles. The SMILES string of the molecule is C=CCN(CC(=O)OCC)C(=O)c1ccnc(N(C)C)c1. The highest BCUT2D eigenvalue weighted by atomic mass is 16.5. The second-order valence-electron chi connectivity index (χ2n) is 4.58. The number of hydrogen-bond acceptors (Lipinski definition) is 5. The molecule has 0 unspecified atom stereocenters. The fourth-order valence-corrected chi connectivity index (χ4v) is 1.72. The molecule has 0 aliphatic carbocycles. The second kappa shape index (κ2) is 8.04. The Bertz CT molecular complexity index is 515. The van der Waals surface area contributed by atoms with Crippen LogP contribution in [-0.4, -0.2) is 55.6 Å². The van der Waals surface area contributed by atoms with E-state index in [1.807, 2.05) is 14.1 Å². The minimum absolute atomic E-state index is 0.0989. The molecule has 6 heteroatoms. The van der Waals surface area contributed by atoms with Crippen LogP contribution >= 0.6 is 0 Å². The molecule has 0 fully saturated rings. The number of rotatable bonds is 7. The zero-order chi connectivity index (χ0) is 15.8. The molecule has 1 aromatic rings. The molecule has 0 aromatic carbocycles. The minimum Gasteiger partial charge on any atom is -0.465 e. The molecule has 21 heavy (non-hydrogen) atoms. The summed E-state index contributed by atoms with van der Waals surface area (Å²) >= 11 is 0. The lowest BCUT2D eigenvalue weighted by molar-refractivity contribution is -0.143. The van der Waals surface area contributed by atoms with Crippen LogP contribution in [0.2, 0.25) is 0 Å². The fourth-order valence-electron chi connectivity index (χ4n) is 1.72. The topological polar surface area (TPSA) is 62.7 Å². The van der Waals surface area contributed by atoms with E-state index in [0.717, 1.165) is 0 Å². The molecule has 0 atom stereocenters. The quantitative estimate of drug-likeness (QED) is 0.560. The van der Waals surface area contributed by atoms with Gasteiger partial charge in [0.05, 0.1) is 6.61 Å². The zero-order valence-electron chi connectivity index (χ0n) is 12.7. The smallest absolute Gasteiger partial charge is 0.325 e. The first-order chi connectivity index (χ1) is 9.99. The Labute approximate surface area is 125 Å². The van der Waals surface area contributed by atoms with Crippen molar-refractivity contribution in [3.05, 3.63) is 36.5 Å². The summed E-state index contributed by atoms with van der Waals surface area (Å²) in [7, 11) is 3.69. The van der Waals surface area contributed by atoms with Gasteiger partial charge < -0.3 is 14.5 Å². The van der Waals surface area contributed by atoms with Crippen molar-refractivity contribution in [1.29, 1.82) is 0 Å². The molecule has 6 nitrogen and oxygen atoms in total. The number of carbonyl (C=O) groups excluding carboxylic acids is 2. The van der Waals surface area contributed by atoms with Gasteiger partial charge in [0.1, 0.15) is 12.4 Å². The maximum Gasteiger partial charge on any atom is 0.325 e. The van der Waals surface area contributed by atoms with Crippen molar-refractivity contribution < 1.29 is 14.3 Å². The van der Waals surface area contributed by atoms with Crippen LogP contribution in [0.15, 0.2) is 31.0 Å². The molecule has 0 spiro atoms. The van der Waals surface area contributed by atoms with E-state index in [0.29, 0.717) is 11.4 Å². The molecule has 0 radical (unpaired) electrons. The number of hydrogen-bond donors (Lipinski definition) is 0. The van der Waals surface area contributed by atoms with Gasteiger partial charge in [0.25, 0.3) is 5.91 Å². The minimum atomic E-state index is -0.436. The molecule has 0 aliphatic rings. The lowest BCUT2D eigenvalue weighted by Crippen LogP contribution is -2.36. The Morgan fingerprint density at radius 1 is 1.43 bits per heavy atom. The molecule has 0 bridgehead atoms. The third kappa shape index (κ3) is 4.91. The van der Waals surface area contributed by atoms with Crippen LogP contribution in [0, 0.1) is 0 Å². The van der Waals surface area contributed by atoms with Gasteiger partial charge >= 0.3 is 5.97 Å². The third-order valence-corrected chi connectivity index (χ3v) is 2.71. The first-order valence-corrected chi connectivity index (χ1v) is 6.68. The van der Waals surface area contributed by atoms with Crippen LogP contribution in [-0.2, 0) is 9.53 Å². The van der Waals surface area contributed by atoms with Crippen LogP contribution in [0.1, 0.15) is 17.3 Å². The van der Waals surface area contributed by atoms with Crippen molar-refractivity contribution in [2.24, 2.45) is 0 Å². The first kappa shape index (κ1) is 16.7. The Hall–Kier alpha value is -2.37. The Balaban J connectivity index is 2.92. The van der Waals surface area contributed by atoms with Gasteiger partial charge in [0, 0.05) is 32.4 Å². The van der Waals surface area contributed by atoms with E-state index in [1.54, 1.807) is 36.2 Å². The molecular formula is C15H21N3O3. The number of pyridine rings is 1. The van der Waals surface area contributed by atoms with E-state index in [9.17, 15) is 9.59 Å². The maximum absolute atomic E-state index is 12.5. The molecule has 1 rings (SSSR count). The third-order valence-electron chi connectivity index (χ3n) is 2.71. The number of nitrogens with zero attached hydrogens (tertiary/aromatic N) is 3. The van der Waals surface area contributed by atoms with E-state index < -0.39 is 5.97 Å². The van der Waals surface area contributed by atoms with Gasteiger partial charge in [-0.25, -0.2) is 4.98 Å². The summed E-state index contributed by atoms with van der Waals surface area (Å²) in [6, 6.07) is 3.31. The number of anilines is 1. The largest absolute Gasteiger partial charge is 0.465 e. The lowest BCUT2D eigenvalue weighted by atomic mass is 10.2. The van der Waals surface area contributed by atoms with E-state index in [-0.39, 0.29) is 25.6 Å². The number of esters is 1. The van der Waals surface area contributed by atoms with E-state index in [2.05, 4.69) is 11.6 Å². The molecule has 0 N–H and O–H groups in total. The van der Waals surface area contributed by atoms with Crippen molar-refractivity contribution in [3.8, 4) is 0 Å². The number of ether oxygens (including phenoxy) is 1. The van der Waals surface area contributed by atoms with Gasteiger partial charge in [-0.3, -0.25) is 9.59 Å². The van der Waals surface area contributed by atoms with E-state index >= 15 is 0 Å². The van der Waals surface area contributed by atoms with Gasteiger partial charge in [-0.05, 0) is 19.1 Å². The van der Waals surface area contributed by atoms with Crippen LogP contribution < -0.4 is 4.90 Å². The highest BCUT2D eigenvalue weighted by molar-refractivity contribution is 5.96. The molecule has 1 aromatic heterocycles. The first-order valence-electron chi connectivity index (χ1n) is 6.68. The molecule has 0 saturated heterocycles. The number of carbonyl (C=O) groups is 2. The summed E-state index contributed by atoms with van der Waals surface area (Å²) in [4.78, 5) is 31.4. The molecule has 1 amide bonds. The standard InChI is InChI=1S/C15H21N3O3/c1-5-9-18(11-14(19)21-6-2)15(20)12-7-8-16-13(10-12)17(3)4/h5,7-8,10H,1,6,9,11H2,2-4H3. The molecule has 114 valence electrons. The van der Waals surface area contributed by atoms with Gasteiger partial charge in [0.2, 0.25) is 0 Å². The molecule has 1 heterocycles. The van der Waals surface area contributed by atoms with E-state index in [4.69, 9.17) is 4.74 Å². The van der Waals surface area contributed by atoms with Crippen LogP contribution in [0.4, 0.5) is 5.82 Å². The van der Waals surface area contributed by atoms with Crippen molar-refractivity contribution in [2.45, 2.75) is 6.92 Å². The summed E-state index contributed by atoms with van der Waals surface area (Å²) in [6.07, 6.45) is 3.14. The Morgan fingerprint density at radius 2 is 2.14 bits per heavy atom. The van der Waals surface area contributed by atoms with Gasteiger partial charge in [-0.2, -0.15) is 0 Å². The maximum atomic E-state index is 12.5. The normalized spacial score (nSPS) is 9.86. The summed E-state index contributed by atoms with van der Waals surface area (Å²) < 4.78 is 4.88. The number of amides is 1. The van der Waals surface area contributed by atoms with Gasteiger partial charge in [0.15, 0.2) is 0 Å².